The van der Waals surface area contributed by atoms with Crippen LogP contribution in [0.15, 0.2) is 53.5 Å². The third-order valence-electron chi connectivity index (χ3n) is 5.49. The van der Waals surface area contributed by atoms with E-state index in [1.807, 2.05) is 24.3 Å². The number of carbonyl (C=O) groups excluding carboxylic acids is 1. The van der Waals surface area contributed by atoms with Gasteiger partial charge in [-0.1, -0.05) is 12.1 Å². The summed E-state index contributed by atoms with van der Waals surface area (Å²) in [5.74, 6) is -0.0726. The number of benzene rings is 1. The van der Waals surface area contributed by atoms with Gasteiger partial charge in [0, 0.05) is 43.8 Å². The van der Waals surface area contributed by atoms with Crippen molar-refractivity contribution in [3.8, 4) is 11.1 Å². The number of amides is 1. The van der Waals surface area contributed by atoms with Gasteiger partial charge in [-0.15, -0.1) is 0 Å². The summed E-state index contributed by atoms with van der Waals surface area (Å²) in [6, 6.07) is 8.18. The van der Waals surface area contributed by atoms with Gasteiger partial charge in [-0.3, -0.25) is 9.48 Å². The molecular formula is C21H19BrN6O. The van der Waals surface area contributed by atoms with Crippen LogP contribution in [0.5, 0.6) is 0 Å². The SMILES string of the molecule is CC1c2cc(-c3cnn(C)c3)ccc2CCN1C(=O)c1cc2ncc(Br)cn2n1. The smallest absolute Gasteiger partial charge is 0.274 e. The fraction of sp³-hybridized carbons (Fsp3) is 0.238. The lowest BCUT2D eigenvalue weighted by atomic mass is 9.90. The number of carbonyl (C=O) groups is 1. The summed E-state index contributed by atoms with van der Waals surface area (Å²) in [6.45, 7) is 2.75. The molecule has 1 amide bonds. The van der Waals surface area contributed by atoms with Crippen molar-refractivity contribution in [1.82, 2.24) is 29.3 Å². The van der Waals surface area contributed by atoms with E-state index in [4.69, 9.17) is 0 Å². The molecule has 1 aliphatic rings. The van der Waals surface area contributed by atoms with Gasteiger partial charge in [0.15, 0.2) is 11.3 Å². The second kappa shape index (κ2) is 6.81. The lowest BCUT2D eigenvalue weighted by Gasteiger charge is -2.35. The minimum atomic E-state index is -0.0726. The Labute approximate surface area is 176 Å². The highest BCUT2D eigenvalue weighted by molar-refractivity contribution is 9.10. The number of aryl methyl sites for hydroxylation is 1. The van der Waals surface area contributed by atoms with Crippen LogP contribution in [0.4, 0.5) is 0 Å². The summed E-state index contributed by atoms with van der Waals surface area (Å²) in [5, 5.41) is 8.70. The third kappa shape index (κ3) is 3.13. The highest BCUT2D eigenvalue weighted by Gasteiger charge is 2.30. The van der Waals surface area contributed by atoms with E-state index in [9.17, 15) is 4.79 Å². The van der Waals surface area contributed by atoms with Gasteiger partial charge in [0.05, 0.1) is 16.7 Å². The number of nitrogens with zero attached hydrogens (tertiary/aromatic N) is 6. The highest BCUT2D eigenvalue weighted by atomic mass is 79.9. The van der Waals surface area contributed by atoms with E-state index in [2.05, 4.69) is 56.2 Å². The Bertz CT molecular complexity index is 1240. The molecule has 146 valence electrons. The molecular weight excluding hydrogens is 432 g/mol. The molecule has 29 heavy (non-hydrogen) atoms. The molecule has 7 nitrogen and oxygen atoms in total. The first-order valence-electron chi connectivity index (χ1n) is 9.43. The van der Waals surface area contributed by atoms with Crippen LogP contribution in [0.3, 0.4) is 0 Å². The predicted molar refractivity (Wildman–Crippen MR) is 112 cm³/mol. The number of aromatic nitrogens is 5. The molecule has 0 spiro atoms. The second-order valence-corrected chi connectivity index (χ2v) is 8.26. The number of fused-ring (bicyclic) bond motifs is 2. The fourth-order valence-corrected chi connectivity index (χ4v) is 4.24. The maximum Gasteiger partial charge on any atom is 0.274 e. The number of hydrogen-bond acceptors (Lipinski definition) is 4. The number of rotatable bonds is 2. The molecule has 0 radical (unpaired) electrons. The van der Waals surface area contributed by atoms with Gasteiger partial charge in [0.2, 0.25) is 0 Å². The van der Waals surface area contributed by atoms with E-state index in [1.54, 1.807) is 27.7 Å². The van der Waals surface area contributed by atoms with Crippen molar-refractivity contribution in [3.05, 3.63) is 70.3 Å². The first-order valence-corrected chi connectivity index (χ1v) is 10.2. The van der Waals surface area contributed by atoms with E-state index in [-0.39, 0.29) is 11.9 Å². The van der Waals surface area contributed by atoms with Crippen LogP contribution < -0.4 is 0 Å². The largest absolute Gasteiger partial charge is 0.330 e. The molecule has 4 aromatic rings. The summed E-state index contributed by atoms with van der Waals surface area (Å²) in [7, 11) is 1.91. The summed E-state index contributed by atoms with van der Waals surface area (Å²) in [6.07, 6.45) is 8.19. The second-order valence-electron chi connectivity index (χ2n) is 7.35. The first-order chi connectivity index (χ1) is 14.0. The lowest BCUT2D eigenvalue weighted by molar-refractivity contribution is 0.0671. The molecule has 0 saturated heterocycles. The van der Waals surface area contributed by atoms with Crippen LogP contribution >= 0.6 is 15.9 Å². The van der Waals surface area contributed by atoms with Crippen molar-refractivity contribution in [1.29, 1.82) is 0 Å². The summed E-state index contributed by atoms with van der Waals surface area (Å²) >= 11 is 3.39. The van der Waals surface area contributed by atoms with Crippen molar-refractivity contribution < 1.29 is 4.79 Å². The lowest BCUT2D eigenvalue weighted by Crippen LogP contribution is -2.39. The molecule has 1 aromatic carbocycles. The Morgan fingerprint density at radius 3 is 2.83 bits per heavy atom. The molecule has 4 heterocycles. The van der Waals surface area contributed by atoms with E-state index < -0.39 is 0 Å². The maximum atomic E-state index is 13.2. The summed E-state index contributed by atoms with van der Waals surface area (Å²) in [4.78, 5) is 19.4. The zero-order valence-electron chi connectivity index (χ0n) is 16.1. The topological polar surface area (TPSA) is 68.3 Å². The molecule has 0 bridgehead atoms. The van der Waals surface area contributed by atoms with Gasteiger partial charge in [-0.25, -0.2) is 9.50 Å². The standard InChI is InChI=1S/C21H19BrN6O/c1-13-18-7-15(16-9-24-26(2)11-16)4-3-14(18)5-6-27(13)21(29)19-8-20-23-10-17(22)12-28(20)25-19/h3-4,7-13H,5-6H2,1-2H3. The zero-order valence-corrected chi connectivity index (χ0v) is 17.7. The Morgan fingerprint density at radius 2 is 2.03 bits per heavy atom. The molecule has 1 aliphatic heterocycles. The molecule has 5 rings (SSSR count). The van der Waals surface area contributed by atoms with Crippen molar-refractivity contribution >= 4 is 27.5 Å². The summed E-state index contributed by atoms with van der Waals surface area (Å²) < 4.78 is 4.24. The first kappa shape index (κ1) is 18.1. The normalized spacial score (nSPS) is 16.2. The molecule has 0 fully saturated rings. The van der Waals surface area contributed by atoms with Crippen LogP contribution in [0.25, 0.3) is 16.8 Å². The van der Waals surface area contributed by atoms with Gasteiger partial charge < -0.3 is 4.90 Å². The molecule has 0 aliphatic carbocycles. The third-order valence-corrected chi connectivity index (χ3v) is 5.89. The van der Waals surface area contributed by atoms with Crippen molar-refractivity contribution in [3.63, 3.8) is 0 Å². The van der Waals surface area contributed by atoms with Crippen LogP contribution in [-0.2, 0) is 13.5 Å². The minimum Gasteiger partial charge on any atom is -0.330 e. The average Bonchev–Trinajstić information content (AvgIpc) is 3.33. The average molecular weight is 451 g/mol. The van der Waals surface area contributed by atoms with Crippen LogP contribution in [-0.4, -0.2) is 41.7 Å². The molecule has 1 unspecified atom stereocenters. The zero-order chi connectivity index (χ0) is 20.1. The van der Waals surface area contributed by atoms with E-state index in [0.717, 1.165) is 22.0 Å². The van der Waals surface area contributed by atoms with E-state index >= 15 is 0 Å². The van der Waals surface area contributed by atoms with Gasteiger partial charge in [0.1, 0.15) is 0 Å². The number of halogens is 1. The van der Waals surface area contributed by atoms with E-state index in [1.165, 1.54) is 11.1 Å². The van der Waals surface area contributed by atoms with Gasteiger partial charge >= 0.3 is 0 Å². The minimum absolute atomic E-state index is 0.0348. The molecule has 0 saturated carbocycles. The molecule has 3 aromatic heterocycles. The Morgan fingerprint density at radius 1 is 1.17 bits per heavy atom. The van der Waals surface area contributed by atoms with E-state index in [0.29, 0.717) is 17.9 Å². The highest BCUT2D eigenvalue weighted by Crippen LogP contribution is 2.33. The van der Waals surface area contributed by atoms with Gasteiger partial charge in [0.25, 0.3) is 5.91 Å². The van der Waals surface area contributed by atoms with Crippen LogP contribution in [0.1, 0.15) is 34.6 Å². The van der Waals surface area contributed by atoms with Gasteiger partial charge in [-0.05, 0) is 52.0 Å². The summed E-state index contributed by atoms with van der Waals surface area (Å²) in [5.41, 5.74) is 5.71. The predicted octanol–water partition coefficient (Wildman–Crippen LogP) is 3.65. The van der Waals surface area contributed by atoms with Crippen molar-refractivity contribution in [2.75, 3.05) is 6.54 Å². The molecule has 0 N–H and O–H groups in total. The molecule has 8 heteroatoms. The molecule has 1 atom stereocenters. The van der Waals surface area contributed by atoms with Crippen LogP contribution in [0, 0.1) is 0 Å². The van der Waals surface area contributed by atoms with Crippen molar-refractivity contribution in [2.24, 2.45) is 7.05 Å². The fourth-order valence-electron chi connectivity index (χ4n) is 3.95. The Hall–Kier alpha value is -3.00. The number of hydrogen-bond donors (Lipinski definition) is 0. The maximum absolute atomic E-state index is 13.2. The monoisotopic (exact) mass is 450 g/mol. The quantitative estimate of drug-likeness (QED) is 0.467. The van der Waals surface area contributed by atoms with Crippen LogP contribution in [0.2, 0.25) is 0 Å². The van der Waals surface area contributed by atoms with Gasteiger partial charge in [-0.2, -0.15) is 10.2 Å². The van der Waals surface area contributed by atoms with Crippen molar-refractivity contribution in [2.45, 2.75) is 19.4 Å². The Kier molecular flexibility index (Phi) is 4.24. The Balaban J connectivity index is 1.48.